The summed E-state index contributed by atoms with van der Waals surface area (Å²) in [5.41, 5.74) is 3.58. The molecule has 0 amide bonds. The van der Waals surface area contributed by atoms with Gasteiger partial charge in [0.2, 0.25) is 0 Å². The number of aryl methyl sites for hydroxylation is 1. The Morgan fingerprint density at radius 3 is 2.33 bits per heavy atom. The van der Waals surface area contributed by atoms with Gasteiger partial charge in [0.1, 0.15) is 17.0 Å². The molecule has 2 aromatic rings. The standard InChI is InChI=1S/C23H23F2NS/c1-4-5-6-7-17-8-10-19(20(12-17)16(2)3)11-9-18-13-21(24)23(27-15-26)22(25)14-18/h8,10,12-14,16H,4-7H2,1-3H3. The maximum atomic E-state index is 14.0. The van der Waals surface area contributed by atoms with E-state index in [4.69, 9.17) is 5.26 Å². The SMILES string of the molecule is CCCCCc1ccc(C#Cc2cc(F)c(SC#N)c(F)c2)c(C(C)C)c1. The van der Waals surface area contributed by atoms with Gasteiger partial charge < -0.3 is 0 Å². The van der Waals surface area contributed by atoms with E-state index in [0.29, 0.717) is 17.7 Å². The summed E-state index contributed by atoms with van der Waals surface area (Å²) in [7, 11) is 0. The number of rotatable bonds is 6. The lowest BCUT2D eigenvalue weighted by atomic mass is 9.93. The fraction of sp³-hybridized carbons (Fsp3) is 0.348. The highest BCUT2D eigenvalue weighted by molar-refractivity contribution is 8.03. The monoisotopic (exact) mass is 383 g/mol. The van der Waals surface area contributed by atoms with Crippen LogP contribution in [0.5, 0.6) is 0 Å². The van der Waals surface area contributed by atoms with Crippen LogP contribution in [-0.4, -0.2) is 0 Å². The highest BCUT2D eigenvalue weighted by Crippen LogP contribution is 2.26. The van der Waals surface area contributed by atoms with Gasteiger partial charge in [-0.1, -0.05) is 57.6 Å². The molecule has 1 nitrogen and oxygen atoms in total. The zero-order valence-corrected chi connectivity index (χ0v) is 16.7. The van der Waals surface area contributed by atoms with Crippen molar-refractivity contribution >= 4 is 11.8 Å². The largest absolute Gasteiger partial charge is 0.206 e. The minimum absolute atomic E-state index is 0.258. The Labute approximate surface area is 164 Å². The van der Waals surface area contributed by atoms with E-state index in [2.05, 4.69) is 44.7 Å². The molecule has 4 heteroatoms. The third-order valence-electron chi connectivity index (χ3n) is 4.29. The molecule has 2 rings (SSSR count). The first-order valence-electron chi connectivity index (χ1n) is 9.16. The van der Waals surface area contributed by atoms with Gasteiger partial charge >= 0.3 is 0 Å². The molecule has 0 atom stereocenters. The quantitative estimate of drug-likeness (QED) is 0.237. The van der Waals surface area contributed by atoms with Gasteiger partial charge in [-0.25, -0.2) is 8.78 Å². The molecule has 140 valence electrons. The maximum absolute atomic E-state index is 14.0. The van der Waals surface area contributed by atoms with Crippen LogP contribution in [-0.2, 0) is 6.42 Å². The molecule has 0 heterocycles. The molecule has 0 aliphatic rings. The average molecular weight is 384 g/mol. The molecule has 27 heavy (non-hydrogen) atoms. The summed E-state index contributed by atoms with van der Waals surface area (Å²) in [4.78, 5) is -0.289. The smallest absolute Gasteiger partial charge is 0.142 e. The summed E-state index contributed by atoms with van der Waals surface area (Å²) in [6.45, 7) is 6.42. The van der Waals surface area contributed by atoms with Crippen LogP contribution in [0.1, 0.15) is 68.2 Å². The van der Waals surface area contributed by atoms with Gasteiger partial charge in [-0.3, -0.25) is 0 Å². The molecule has 0 saturated heterocycles. The summed E-state index contributed by atoms with van der Waals surface area (Å²) in [6, 6.07) is 8.61. The number of benzene rings is 2. The Morgan fingerprint density at radius 1 is 1.04 bits per heavy atom. The summed E-state index contributed by atoms with van der Waals surface area (Å²) < 4.78 is 27.9. The second kappa shape index (κ2) is 10.1. The van der Waals surface area contributed by atoms with E-state index in [1.807, 2.05) is 6.07 Å². The Bertz CT molecular complexity index is 878. The maximum Gasteiger partial charge on any atom is 0.142 e. The van der Waals surface area contributed by atoms with E-state index in [9.17, 15) is 8.78 Å². The second-order valence-corrected chi connectivity index (χ2v) is 7.54. The van der Waals surface area contributed by atoms with Gasteiger partial charge in [0.25, 0.3) is 0 Å². The lowest BCUT2D eigenvalue weighted by molar-refractivity contribution is 0.540. The molecule has 0 saturated carbocycles. The van der Waals surface area contributed by atoms with Crippen molar-refractivity contribution in [1.82, 2.24) is 0 Å². The second-order valence-electron chi connectivity index (χ2n) is 6.75. The lowest BCUT2D eigenvalue weighted by Crippen LogP contribution is -1.96. The Balaban J connectivity index is 2.31. The van der Waals surface area contributed by atoms with Crippen LogP contribution in [0.4, 0.5) is 8.78 Å². The van der Waals surface area contributed by atoms with E-state index in [1.54, 1.807) is 5.40 Å². The van der Waals surface area contributed by atoms with Crippen LogP contribution in [0.25, 0.3) is 0 Å². The normalized spacial score (nSPS) is 10.4. The van der Waals surface area contributed by atoms with Crippen molar-refractivity contribution in [1.29, 1.82) is 5.26 Å². The zero-order chi connectivity index (χ0) is 19.8. The molecule has 0 aliphatic heterocycles. The van der Waals surface area contributed by atoms with Gasteiger partial charge in [-0.15, -0.1) is 0 Å². The zero-order valence-electron chi connectivity index (χ0n) is 15.9. The van der Waals surface area contributed by atoms with Gasteiger partial charge in [-0.2, -0.15) is 5.26 Å². The molecule has 0 radical (unpaired) electrons. The molecule has 0 aromatic heterocycles. The summed E-state index contributed by atoms with van der Waals surface area (Å²) in [6.07, 6.45) is 4.63. The fourth-order valence-corrected chi connectivity index (χ4v) is 3.26. The molecular weight excluding hydrogens is 360 g/mol. The summed E-state index contributed by atoms with van der Waals surface area (Å²) >= 11 is 0.475. The third-order valence-corrected chi connectivity index (χ3v) is 4.98. The molecular formula is C23H23F2NS. The van der Waals surface area contributed by atoms with Gasteiger partial charge in [0.05, 0.1) is 4.90 Å². The van der Waals surface area contributed by atoms with Crippen molar-refractivity contribution in [2.24, 2.45) is 0 Å². The van der Waals surface area contributed by atoms with E-state index in [1.165, 1.54) is 37.0 Å². The topological polar surface area (TPSA) is 23.8 Å². The highest BCUT2D eigenvalue weighted by Gasteiger charge is 2.11. The fourth-order valence-electron chi connectivity index (χ4n) is 2.85. The number of unbranched alkanes of at least 4 members (excludes halogenated alkanes) is 2. The van der Waals surface area contributed by atoms with E-state index < -0.39 is 11.6 Å². The highest BCUT2D eigenvalue weighted by atomic mass is 32.2. The minimum Gasteiger partial charge on any atom is -0.206 e. The first-order valence-corrected chi connectivity index (χ1v) is 9.97. The van der Waals surface area contributed by atoms with Gasteiger partial charge in [-0.05, 0) is 59.8 Å². The van der Waals surface area contributed by atoms with Crippen LogP contribution in [0.15, 0.2) is 35.2 Å². The van der Waals surface area contributed by atoms with Crippen molar-refractivity contribution in [3.05, 3.63) is 64.2 Å². The average Bonchev–Trinajstić information content (AvgIpc) is 2.63. The first kappa shape index (κ1) is 21.0. The van der Waals surface area contributed by atoms with Crippen LogP contribution >= 0.6 is 11.8 Å². The molecule has 0 unspecified atom stereocenters. The lowest BCUT2D eigenvalue weighted by Gasteiger charge is -2.11. The number of halogens is 2. The van der Waals surface area contributed by atoms with Crippen LogP contribution in [0, 0.1) is 34.1 Å². The van der Waals surface area contributed by atoms with Crippen molar-refractivity contribution in [3.63, 3.8) is 0 Å². The Morgan fingerprint density at radius 2 is 1.74 bits per heavy atom. The number of hydrogen-bond donors (Lipinski definition) is 0. The van der Waals surface area contributed by atoms with Crippen molar-refractivity contribution in [3.8, 4) is 17.2 Å². The molecule has 0 aliphatic carbocycles. The summed E-state index contributed by atoms with van der Waals surface area (Å²) in [5, 5.41) is 10.3. The number of nitrogens with zero attached hydrogens (tertiary/aromatic N) is 1. The number of nitriles is 1. The number of hydrogen-bond acceptors (Lipinski definition) is 2. The number of thioether (sulfide) groups is 1. The molecule has 0 fully saturated rings. The first-order chi connectivity index (χ1) is 13.0. The van der Waals surface area contributed by atoms with Gasteiger partial charge in [0.15, 0.2) is 0 Å². The minimum atomic E-state index is -0.763. The van der Waals surface area contributed by atoms with E-state index in [0.717, 1.165) is 17.5 Å². The van der Waals surface area contributed by atoms with Crippen molar-refractivity contribution in [2.45, 2.75) is 57.3 Å². The number of thiocyanates is 1. The van der Waals surface area contributed by atoms with E-state index in [-0.39, 0.29) is 10.5 Å². The van der Waals surface area contributed by atoms with Crippen LogP contribution in [0.3, 0.4) is 0 Å². The molecule has 0 spiro atoms. The third kappa shape index (κ3) is 5.84. The van der Waals surface area contributed by atoms with Gasteiger partial charge in [0, 0.05) is 11.1 Å². The van der Waals surface area contributed by atoms with Crippen molar-refractivity contribution < 1.29 is 8.78 Å². The van der Waals surface area contributed by atoms with Crippen molar-refractivity contribution in [2.75, 3.05) is 0 Å². The van der Waals surface area contributed by atoms with Crippen LogP contribution in [0.2, 0.25) is 0 Å². The molecule has 2 aromatic carbocycles. The predicted octanol–water partition coefficient (Wildman–Crippen LogP) is 6.79. The Kier molecular flexibility index (Phi) is 7.89. The van der Waals surface area contributed by atoms with E-state index >= 15 is 0 Å². The molecule has 0 bridgehead atoms. The summed E-state index contributed by atoms with van der Waals surface area (Å²) in [5.74, 6) is 4.70. The molecule has 0 N–H and O–H groups in total. The predicted molar refractivity (Wildman–Crippen MR) is 108 cm³/mol. The Hall–Kier alpha value is -2.30. The van der Waals surface area contributed by atoms with Crippen LogP contribution < -0.4 is 0 Å².